The van der Waals surface area contributed by atoms with E-state index >= 15 is 0 Å². The van der Waals surface area contributed by atoms with E-state index in [0.717, 1.165) is 49.5 Å². The van der Waals surface area contributed by atoms with E-state index in [2.05, 4.69) is 45.2 Å². The molecule has 0 bridgehead atoms. The Bertz CT molecular complexity index is 826. The number of hydrogen-bond donors (Lipinski definition) is 0. The number of carbonyl (C=O) groups excluding carboxylic acids is 1. The van der Waals surface area contributed by atoms with Crippen molar-refractivity contribution in [2.45, 2.75) is 65.7 Å². The highest BCUT2D eigenvalue weighted by molar-refractivity contribution is 5.93. The molecule has 0 unspecified atom stereocenters. The second kappa shape index (κ2) is 8.24. The highest BCUT2D eigenvalue weighted by Gasteiger charge is 2.27. The van der Waals surface area contributed by atoms with Crippen molar-refractivity contribution >= 4 is 17.2 Å². The number of imidazole rings is 1. The Morgan fingerprint density at radius 1 is 1.32 bits per heavy atom. The normalized spacial score (nSPS) is 16.1. The number of anilines is 1. The van der Waals surface area contributed by atoms with E-state index in [-0.39, 0.29) is 11.3 Å². The van der Waals surface area contributed by atoms with E-state index in [0.29, 0.717) is 18.3 Å². The van der Waals surface area contributed by atoms with Crippen LogP contribution in [0, 0.1) is 11.8 Å². The summed E-state index contributed by atoms with van der Waals surface area (Å²) in [5.41, 5.74) is 4.27. The van der Waals surface area contributed by atoms with Gasteiger partial charge in [0.05, 0.1) is 5.69 Å². The smallest absolute Gasteiger partial charge is 0.226 e. The van der Waals surface area contributed by atoms with Gasteiger partial charge in [-0.15, -0.1) is 0 Å². The number of nitrogens with zero attached hydrogens (tertiary/aromatic N) is 3. The first kappa shape index (κ1) is 20.8. The molecular weight excluding hydrogens is 350 g/mol. The van der Waals surface area contributed by atoms with E-state index in [1.165, 1.54) is 5.69 Å². The second-order valence-corrected chi connectivity index (χ2v) is 9.58. The zero-order chi connectivity index (χ0) is 20.5. The monoisotopic (exact) mass is 385 g/mol. The van der Waals surface area contributed by atoms with Gasteiger partial charge >= 0.3 is 0 Å². The van der Waals surface area contributed by atoms with Gasteiger partial charge in [0, 0.05) is 55.7 Å². The zero-order valence-corrected chi connectivity index (χ0v) is 18.3. The SMILES string of the molecule is CC(C)CC(=O)N(C)c1ccn2c(CC3CCOCC3)c(C(C)(C)C)nc2c1. The van der Waals surface area contributed by atoms with Crippen LogP contribution in [0.4, 0.5) is 5.69 Å². The highest BCUT2D eigenvalue weighted by Crippen LogP contribution is 2.31. The standard InChI is InChI=1S/C23H35N3O2/c1-16(2)13-21(27)25(6)18-7-10-26-19(14-17-8-11-28-12-9-17)22(23(3,4)5)24-20(26)15-18/h7,10,15-17H,8-9,11-14H2,1-6H3. The molecule has 1 fully saturated rings. The minimum atomic E-state index is -0.0218. The minimum absolute atomic E-state index is 0.0218. The fourth-order valence-corrected chi connectivity index (χ4v) is 3.94. The maximum atomic E-state index is 12.5. The minimum Gasteiger partial charge on any atom is -0.381 e. The summed E-state index contributed by atoms with van der Waals surface area (Å²) < 4.78 is 7.76. The van der Waals surface area contributed by atoms with Crippen LogP contribution in [0.2, 0.25) is 0 Å². The predicted octanol–water partition coefficient (Wildman–Crippen LogP) is 4.61. The number of carbonyl (C=O) groups is 1. The average molecular weight is 386 g/mol. The summed E-state index contributed by atoms with van der Waals surface area (Å²) in [6.45, 7) is 12.5. The molecule has 2 aromatic rings. The van der Waals surface area contributed by atoms with Crippen molar-refractivity contribution in [3.8, 4) is 0 Å². The lowest BCUT2D eigenvalue weighted by Crippen LogP contribution is -2.27. The van der Waals surface area contributed by atoms with Crippen LogP contribution in [0.5, 0.6) is 0 Å². The van der Waals surface area contributed by atoms with Gasteiger partial charge in [-0.1, -0.05) is 34.6 Å². The first-order chi connectivity index (χ1) is 13.2. The van der Waals surface area contributed by atoms with Gasteiger partial charge in [0.15, 0.2) is 0 Å². The molecule has 154 valence electrons. The van der Waals surface area contributed by atoms with Crippen molar-refractivity contribution < 1.29 is 9.53 Å². The van der Waals surface area contributed by atoms with Gasteiger partial charge in [0.2, 0.25) is 5.91 Å². The van der Waals surface area contributed by atoms with E-state index in [4.69, 9.17) is 9.72 Å². The Labute approximate surface area is 169 Å². The Morgan fingerprint density at radius 2 is 2.00 bits per heavy atom. The average Bonchev–Trinajstić information content (AvgIpc) is 2.99. The van der Waals surface area contributed by atoms with Crippen molar-refractivity contribution in [1.82, 2.24) is 9.38 Å². The lowest BCUT2D eigenvalue weighted by Gasteiger charge is -2.24. The van der Waals surface area contributed by atoms with Gasteiger partial charge in [-0.2, -0.15) is 0 Å². The number of rotatable bonds is 5. The molecule has 0 N–H and O–H groups in total. The van der Waals surface area contributed by atoms with Gasteiger partial charge in [0.25, 0.3) is 0 Å². The quantitative estimate of drug-likeness (QED) is 0.755. The van der Waals surface area contributed by atoms with Gasteiger partial charge in [-0.3, -0.25) is 4.79 Å². The number of aromatic nitrogens is 2. The Kier molecular flexibility index (Phi) is 6.13. The van der Waals surface area contributed by atoms with Crippen LogP contribution < -0.4 is 4.90 Å². The predicted molar refractivity (Wildman–Crippen MR) is 114 cm³/mol. The maximum Gasteiger partial charge on any atom is 0.226 e. The maximum absolute atomic E-state index is 12.5. The number of fused-ring (bicyclic) bond motifs is 1. The van der Waals surface area contributed by atoms with Crippen LogP contribution in [-0.2, 0) is 21.4 Å². The van der Waals surface area contributed by atoms with Crippen LogP contribution in [0.1, 0.15) is 65.3 Å². The molecule has 2 aromatic heterocycles. The molecule has 0 aliphatic carbocycles. The summed E-state index contributed by atoms with van der Waals surface area (Å²) in [5.74, 6) is 1.14. The van der Waals surface area contributed by atoms with Crippen LogP contribution in [-0.4, -0.2) is 35.6 Å². The highest BCUT2D eigenvalue weighted by atomic mass is 16.5. The summed E-state index contributed by atoms with van der Waals surface area (Å²) >= 11 is 0. The molecule has 1 amide bonds. The van der Waals surface area contributed by atoms with Crippen molar-refractivity contribution in [2.24, 2.45) is 11.8 Å². The number of ether oxygens (including phenoxy) is 1. The number of hydrogen-bond acceptors (Lipinski definition) is 3. The number of pyridine rings is 1. The molecule has 5 heteroatoms. The molecule has 1 aliphatic rings. The summed E-state index contributed by atoms with van der Waals surface area (Å²) in [6.07, 6.45) is 5.89. The van der Waals surface area contributed by atoms with Crippen LogP contribution in [0.3, 0.4) is 0 Å². The van der Waals surface area contributed by atoms with Crippen LogP contribution >= 0.6 is 0 Å². The topological polar surface area (TPSA) is 46.8 Å². The van der Waals surface area contributed by atoms with E-state index < -0.39 is 0 Å². The lowest BCUT2D eigenvalue weighted by atomic mass is 9.86. The van der Waals surface area contributed by atoms with Crippen molar-refractivity contribution in [1.29, 1.82) is 0 Å². The summed E-state index contributed by atoms with van der Waals surface area (Å²) in [4.78, 5) is 19.2. The molecule has 0 aromatic carbocycles. The summed E-state index contributed by atoms with van der Waals surface area (Å²) in [5, 5.41) is 0. The van der Waals surface area contributed by atoms with Crippen molar-refractivity contribution in [3.63, 3.8) is 0 Å². The molecular formula is C23H35N3O2. The first-order valence-electron chi connectivity index (χ1n) is 10.5. The Balaban J connectivity index is 1.96. The zero-order valence-electron chi connectivity index (χ0n) is 18.3. The Morgan fingerprint density at radius 3 is 2.61 bits per heavy atom. The van der Waals surface area contributed by atoms with E-state index in [1.807, 2.05) is 19.2 Å². The molecule has 0 saturated carbocycles. The molecule has 1 aliphatic heterocycles. The largest absolute Gasteiger partial charge is 0.381 e. The number of amides is 1. The molecule has 3 rings (SSSR count). The summed E-state index contributed by atoms with van der Waals surface area (Å²) in [6, 6.07) is 4.08. The van der Waals surface area contributed by atoms with Crippen molar-refractivity contribution in [2.75, 3.05) is 25.2 Å². The van der Waals surface area contributed by atoms with E-state index in [1.54, 1.807) is 4.90 Å². The Hall–Kier alpha value is -1.88. The molecule has 1 saturated heterocycles. The molecule has 0 spiro atoms. The summed E-state index contributed by atoms with van der Waals surface area (Å²) in [7, 11) is 1.85. The lowest BCUT2D eigenvalue weighted by molar-refractivity contribution is -0.119. The van der Waals surface area contributed by atoms with Crippen LogP contribution in [0.15, 0.2) is 18.3 Å². The van der Waals surface area contributed by atoms with Gasteiger partial charge < -0.3 is 14.0 Å². The van der Waals surface area contributed by atoms with Gasteiger partial charge in [-0.05, 0) is 37.2 Å². The third-order valence-electron chi connectivity index (χ3n) is 5.59. The van der Waals surface area contributed by atoms with Gasteiger partial charge in [0.1, 0.15) is 5.65 Å². The molecule has 0 radical (unpaired) electrons. The van der Waals surface area contributed by atoms with E-state index in [9.17, 15) is 4.79 Å². The van der Waals surface area contributed by atoms with Crippen LogP contribution in [0.25, 0.3) is 5.65 Å². The fraction of sp³-hybridized carbons (Fsp3) is 0.652. The van der Waals surface area contributed by atoms with Gasteiger partial charge in [-0.25, -0.2) is 4.98 Å². The molecule has 5 nitrogen and oxygen atoms in total. The first-order valence-corrected chi connectivity index (χ1v) is 10.5. The third kappa shape index (κ3) is 4.57. The fourth-order valence-electron chi connectivity index (χ4n) is 3.94. The van der Waals surface area contributed by atoms with Crippen molar-refractivity contribution in [3.05, 3.63) is 29.7 Å². The third-order valence-corrected chi connectivity index (χ3v) is 5.59. The molecule has 28 heavy (non-hydrogen) atoms. The molecule has 3 heterocycles. The molecule has 0 atom stereocenters. The second-order valence-electron chi connectivity index (χ2n) is 9.58.